The second kappa shape index (κ2) is 5.56. The molecule has 0 aliphatic rings. The average Bonchev–Trinajstić information content (AvgIpc) is 2.20. The summed E-state index contributed by atoms with van der Waals surface area (Å²) < 4.78 is 0. The van der Waals surface area contributed by atoms with Crippen LogP contribution in [0.25, 0.3) is 0 Å². The molecular formula is C11H14N2S. The first-order chi connectivity index (χ1) is 6.77. The van der Waals surface area contributed by atoms with Crippen LogP contribution in [0.15, 0.2) is 23.1 Å². The van der Waals surface area contributed by atoms with Gasteiger partial charge in [0.15, 0.2) is 0 Å². The number of anilines is 1. The number of nitriles is 1. The molecule has 2 nitrogen and oxygen atoms in total. The molecule has 74 valence electrons. The fourth-order valence-electron chi connectivity index (χ4n) is 1.08. The lowest BCUT2D eigenvalue weighted by atomic mass is 10.2. The summed E-state index contributed by atoms with van der Waals surface area (Å²) in [4.78, 5) is 1.08. The smallest absolute Gasteiger partial charge is 0.0992 e. The number of nitrogens with zero attached hydrogens (tertiary/aromatic N) is 1. The third-order valence-electron chi connectivity index (χ3n) is 1.89. The highest BCUT2D eigenvalue weighted by atomic mass is 32.2. The molecule has 0 heterocycles. The molecule has 0 amide bonds. The summed E-state index contributed by atoms with van der Waals surface area (Å²) in [5, 5.41) is 8.65. The highest BCUT2D eigenvalue weighted by Gasteiger charge is 2.00. The molecule has 0 spiro atoms. The van der Waals surface area contributed by atoms with E-state index in [9.17, 15) is 0 Å². The number of unbranched alkanes of at least 4 members (excludes halogenated alkanes) is 1. The van der Waals surface area contributed by atoms with Gasteiger partial charge in [-0.25, -0.2) is 0 Å². The first-order valence-electron chi connectivity index (χ1n) is 4.70. The van der Waals surface area contributed by atoms with Crippen molar-refractivity contribution in [2.24, 2.45) is 0 Å². The molecule has 0 bridgehead atoms. The van der Waals surface area contributed by atoms with Crippen LogP contribution in [0.3, 0.4) is 0 Å². The first kappa shape index (κ1) is 10.9. The van der Waals surface area contributed by atoms with E-state index >= 15 is 0 Å². The molecule has 1 aromatic carbocycles. The molecule has 0 aromatic heterocycles. The molecule has 0 atom stereocenters. The molecule has 3 heteroatoms. The summed E-state index contributed by atoms with van der Waals surface area (Å²) in [6.45, 7) is 2.17. The summed E-state index contributed by atoms with van der Waals surface area (Å²) in [5.41, 5.74) is 7.15. The van der Waals surface area contributed by atoms with Crippen LogP contribution in [0.2, 0.25) is 0 Å². The lowest BCUT2D eigenvalue weighted by Crippen LogP contribution is -1.90. The zero-order valence-corrected chi connectivity index (χ0v) is 9.10. The van der Waals surface area contributed by atoms with E-state index in [-0.39, 0.29) is 0 Å². The molecule has 1 rings (SSSR count). The summed E-state index contributed by atoms with van der Waals surface area (Å²) in [5.74, 6) is 1.09. The van der Waals surface area contributed by atoms with Crippen molar-refractivity contribution in [2.75, 3.05) is 11.5 Å². The van der Waals surface area contributed by atoms with Crippen LogP contribution >= 0.6 is 11.8 Å². The van der Waals surface area contributed by atoms with Crippen molar-refractivity contribution in [2.45, 2.75) is 24.7 Å². The SMILES string of the molecule is CCCCSc1ccc(C#N)cc1N. The standard InChI is InChI=1S/C11H14N2S/c1-2-3-6-14-11-5-4-9(8-12)7-10(11)13/h4-5,7H,2-3,6,13H2,1H3. The zero-order valence-electron chi connectivity index (χ0n) is 8.29. The van der Waals surface area contributed by atoms with E-state index in [0.29, 0.717) is 11.3 Å². The highest BCUT2D eigenvalue weighted by Crippen LogP contribution is 2.26. The van der Waals surface area contributed by atoms with E-state index in [1.54, 1.807) is 17.8 Å². The lowest BCUT2D eigenvalue weighted by molar-refractivity contribution is 0.896. The van der Waals surface area contributed by atoms with Crippen molar-refractivity contribution in [3.63, 3.8) is 0 Å². The minimum atomic E-state index is 0.627. The molecule has 0 aliphatic carbocycles. The molecule has 1 aromatic rings. The number of nitrogen functional groups attached to an aromatic ring is 1. The Bertz CT molecular complexity index is 342. The van der Waals surface area contributed by atoms with E-state index in [0.717, 1.165) is 10.6 Å². The van der Waals surface area contributed by atoms with Crippen LogP contribution in [0.5, 0.6) is 0 Å². The van der Waals surface area contributed by atoms with E-state index in [1.807, 2.05) is 12.1 Å². The van der Waals surface area contributed by atoms with E-state index in [4.69, 9.17) is 11.0 Å². The average molecular weight is 206 g/mol. The van der Waals surface area contributed by atoms with Gasteiger partial charge in [-0.3, -0.25) is 0 Å². The van der Waals surface area contributed by atoms with Crippen LogP contribution in [0.4, 0.5) is 5.69 Å². The van der Waals surface area contributed by atoms with Crippen molar-refractivity contribution in [3.05, 3.63) is 23.8 Å². The summed E-state index contributed by atoms with van der Waals surface area (Å²) in [6.07, 6.45) is 2.40. The van der Waals surface area contributed by atoms with Crippen molar-refractivity contribution in [1.82, 2.24) is 0 Å². The molecule has 2 N–H and O–H groups in total. The molecule has 0 aliphatic heterocycles. The number of thioether (sulfide) groups is 1. The molecule has 0 fully saturated rings. The minimum absolute atomic E-state index is 0.627. The maximum atomic E-state index is 8.65. The number of hydrogen-bond acceptors (Lipinski definition) is 3. The summed E-state index contributed by atoms with van der Waals surface area (Å²) in [6, 6.07) is 7.54. The second-order valence-corrected chi connectivity index (χ2v) is 4.20. The van der Waals surface area contributed by atoms with Crippen LogP contribution in [-0.2, 0) is 0 Å². The Hall–Kier alpha value is -1.14. The quantitative estimate of drug-likeness (QED) is 0.468. The molecule has 0 saturated carbocycles. The van der Waals surface area contributed by atoms with E-state index in [2.05, 4.69) is 13.0 Å². The fraction of sp³-hybridized carbons (Fsp3) is 0.364. The number of nitrogens with two attached hydrogens (primary N) is 1. The van der Waals surface area contributed by atoms with Gasteiger partial charge in [0.2, 0.25) is 0 Å². The predicted molar refractivity (Wildman–Crippen MR) is 61.2 cm³/mol. The summed E-state index contributed by atoms with van der Waals surface area (Å²) in [7, 11) is 0. The maximum absolute atomic E-state index is 8.65. The van der Waals surface area contributed by atoms with Gasteiger partial charge in [-0.15, -0.1) is 11.8 Å². The third-order valence-corrected chi connectivity index (χ3v) is 3.07. The Kier molecular flexibility index (Phi) is 4.34. The van der Waals surface area contributed by atoms with Gasteiger partial charge >= 0.3 is 0 Å². The van der Waals surface area contributed by atoms with Gasteiger partial charge in [-0.05, 0) is 30.4 Å². The van der Waals surface area contributed by atoms with E-state index in [1.165, 1.54) is 12.8 Å². The maximum Gasteiger partial charge on any atom is 0.0992 e. The first-order valence-corrected chi connectivity index (χ1v) is 5.69. The fourth-order valence-corrected chi connectivity index (χ4v) is 2.12. The van der Waals surface area contributed by atoms with Gasteiger partial charge in [0.05, 0.1) is 11.6 Å². The van der Waals surface area contributed by atoms with Crippen LogP contribution < -0.4 is 5.73 Å². The molecular weight excluding hydrogens is 192 g/mol. The van der Waals surface area contributed by atoms with Crippen LogP contribution in [-0.4, -0.2) is 5.75 Å². The Morgan fingerprint density at radius 2 is 2.29 bits per heavy atom. The van der Waals surface area contributed by atoms with Crippen LogP contribution in [0.1, 0.15) is 25.3 Å². The molecule has 0 unspecified atom stereocenters. The van der Waals surface area contributed by atoms with Gasteiger partial charge in [-0.1, -0.05) is 13.3 Å². The van der Waals surface area contributed by atoms with Crippen LogP contribution in [0, 0.1) is 11.3 Å². The topological polar surface area (TPSA) is 49.8 Å². The second-order valence-electron chi connectivity index (χ2n) is 3.07. The largest absolute Gasteiger partial charge is 0.398 e. The minimum Gasteiger partial charge on any atom is -0.398 e. The Labute approximate surface area is 89.1 Å². The molecule has 14 heavy (non-hydrogen) atoms. The van der Waals surface area contributed by atoms with Gasteiger partial charge < -0.3 is 5.73 Å². The summed E-state index contributed by atoms with van der Waals surface area (Å²) >= 11 is 1.76. The van der Waals surface area contributed by atoms with Gasteiger partial charge in [0.25, 0.3) is 0 Å². The van der Waals surface area contributed by atoms with Crippen molar-refractivity contribution >= 4 is 17.4 Å². The monoisotopic (exact) mass is 206 g/mol. The van der Waals surface area contributed by atoms with Crippen molar-refractivity contribution in [1.29, 1.82) is 5.26 Å². The molecule has 0 saturated heterocycles. The third kappa shape index (κ3) is 2.97. The van der Waals surface area contributed by atoms with Crippen molar-refractivity contribution in [3.8, 4) is 6.07 Å². The Balaban J connectivity index is 2.65. The van der Waals surface area contributed by atoms with Crippen molar-refractivity contribution < 1.29 is 0 Å². The predicted octanol–water partition coefficient (Wildman–Crippen LogP) is 3.03. The van der Waals surface area contributed by atoms with Gasteiger partial charge in [0.1, 0.15) is 0 Å². The Morgan fingerprint density at radius 1 is 1.50 bits per heavy atom. The van der Waals surface area contributed by atoms with Gasteiger partial charge in [-0.2, -0.15) is 5.26 Å². The van der Waals surface area contributed by atoms with Gasteiger partial charge in [0, 0.05) is 10.6 Å². The lowest BCUT2D eigenvalue weighted by Gasteiger charge is -2.04. The normalized spacial score (nSPS) is 9.71. The number of hydrogen-bond donors (Lipinski definition) is 1. The Morgan fingerprint density at radius 3 is 2.86 bits per heavy atom. The van der Waals surface area contributed by atoms with E-state index < -0.39 is 0 Å². The number of rotatable bonds is 4. The number of benzene rings is 1. The molecule has 0 radical (unpaired) electrons. The zero-order chi connectivity index (χ0) is 10.4. The highest BCUT2D eigenvalue weighted by molar-refractivity contribution is 7.99.